The van der Waals surface area contributed by atoms with Gasteiger partial charge < -0.3 is 10.1 Å². The highest BCUT2D eigenvalue weighted by Gasteiger charge is 2.12. The average molecular weight is 245 g/mol. The van der Waals surface area contributed by atoms with E-state index >= 15 is 0 Å². The number of methoxy groups -OCH3 is 1. The van der Waals surface area contributed by atoms with E-state index in [0.717, 1.165) is 0 Å². The molecule has 0 aromatic heterocycles. The number of likely N-dealkylation sites (N-methyl/N-ethyl adjacent to an activating group) is 1. The largest absolute Gasteiger partial charge is 0.383 e. The molecular weight excluding hydrogens is 229 g/mol. The van der Waals surface area contributed by atoms with Crippen LogP contribution in [-0.4, -0.2) is 36.8 Å². The number of halogens is 1. The molecule has 0 fully saturated rings. The van der Waals surface area contributed by atoms with Crippen LogP contribution in [0.25, 0.3) is 0 Å². The van der Waals surface area contributed by atoms with Gasteiger partial charge in [0, 0.05) is 23.8 Å². The number of nitrogens with one attached hydrogen (secondary N) is 1. The van der Waals surface area contributed by atoms with Crippen molar-refractivity contribution in [2.75, 3.05) is 26.5 Å². The smallest absolute Gasteiger partial charge is 0.123 e. The number of benzene rings is 1. The molecule has 0 aliphatic carbocycles. The van der Waals surface area contributed by atoms with Gasteiger partial charge in [-0.3, -0.25) is 4.21 Å². The van der Waals surface area contributed by atoms with Crippen LogP contribution in [0.2, 0.25) is 0 Å². The first-order valence-electron chi connectivity index (χ1n) is 4.97. The summed E-state index contributed by atoms with van der Waals surface area (Å²) in [6.07, 6.45) is 0. The Bertz CT molecular complexity index is 342. The second kappa shape index (κ2) is 6.73. The van der Waals surface area contributed by atoms with E-state index in [-0.39, 0.29) is 11.9 Å². The first-order valence-corrected chi connectivity index (χ1v) is 6.29. The topological polar surface area (TPSA) is 38.3 Å². The van der Waals surface area contributed by atoms with Crippen LogP contribution >= 0.6 is 0 Å². The van der Waals surface area contributed by atoms with Crippen LogP contribution in [0, 0.1) is 5.82 Å². The van der Waals surface area contributed by atoms with Gasteiger partial charge in [-0.25, -0.2) is 4.39 Å². The molecule has 0 heterocycles. The van der Waals surface area contributed by atoms with Crippen LogP contribution in [-0.2, 0) is 15.5 Å². The molecule has 0 aliphatic heterocycles. The van der Waals surface area contributed by atoms with Gasteiger partial charge in [-0.2, -0.15) is 0 Å². The summed E-state index contributed by atoms with van der Waals surface area (Å²) >= 11 is 0. The fraction of sp³-hybridized carbons (Fsp3) is 0.455. The van der Waals surface area contributed by atoms with Gasteiger partial charge in [-0.05, 0) is 31.3 Å². The fourth-order valence-electron chi connectivity index (χ4n) is 1.28. The summed E-state index contributed by atoms with van der Waals surface area (Å²) in [4.78, 5) is 0.637. The van der Waals surface area contributed by atoms with E-state index in [1.165, 1.54) is 12.1 Å². The Hall–Kier alpha value is -0.780. The van der Waals surface area contributed by atoms with Gasteiger partial charge in [0.25, 0.3) is 0 Å². The van der Waals surface area contributed by atoms with Crippen molar-refractivity contribution in [3.05, 3.63) is 30.1 Å². The molecule has 90 valence electrons. The second-order valence-electron chi connectivity index (χ2n) is 3.41. The first-order chi connectivity index (χ1) is 7.67. The molecule has 0 amide bonds. The van der Waals surface area contributed by atoms with Crippen molar-refractivity contribution in [2.45, 2.75) is 10.9 Å². The minimum absolute atomic E-state index is 0.0379. The Morgan fingerprint density at radius 2 is 2.06 bits per heavy atom. The molecule has 0 spiro atoms. The van der Waals surface area contributed by atoms with E-state index < -0.39 is 10.8 Å². The average Bonchev–Trinajstić information content (AvgIpc) is 2.29. The van der Waals surface area contributed by atoms with Crippen molar-refractivity contribution < 1.29 is 13.3 Å². The number of ether oxygens (including phenoxy) is 1. The van der Waals surface area contributed by atoms with Crippen molar-refractivity contribution in [3.8, 4) is 0 Å². The van der Waals surface area contributed by atoms with E-state index in [2.05, 4.69) is 5.32 Å². The summed E-state index contributed by atoms with van der Waals surface area (Å²) in [5.74, 6) is 0.137. The van der Waals surface area contributed by atoms with Gasteiger partial charge in [0.15, 0.2) is 0 Å². The Balaban J connectivity index is 2.60. The van der Waals surface area contributed by atoms with E-state index in [0.29, 0.717) is 17.3 Å². The third kappa shape index (κ3) is 4.00. The zero-order chi connectivity index (χ0) is 12.0. The normalized spacial score (nSPS) is 14.7. The van der Waals surface area contributed by atoms with Gasteiger partial charge in [0.2, 0.25) is 0 Å². The lowest BCUT2D eigenvalue weighted by Gasteiger charge is -2.14. The van der Waals surface area contributed by atoms with Crippen molar-refractivity contribution >= 4 is 10.8 Å². The van der Waals surface area contributed by atoms with Crippen LogP contribution in [0.1, 0.15) is 0 Å². The molecule has 0 bridgehead atoms. The second-order valence-corrected chi connectivity index (χ2v) is 4.90. The molecule has 2 atom stereocenters. The molecule has 0 saturated carbocycles. The zero-order valence-electron chi connectivity index (χ0n) is 9.40. The molecule has 0 aliphatic rings. The summed E-state index contributed by atoms with van der Waals surface area (Å²) in [5.41, 5.74) is 0. The molecule has 1 aromatic rings. The van der Waals surface area contributed by atoms with Crippen molar-refractivity contribution in [1.82, 2.24) is 5.32 Å². The number of rotatable bonds is 6. The third-order valence-corrected chi connectivity index (χ3v) is 3.71. The van der Waals surface area contributed by atoms with Gasteiger partial charge in [0.1, 0.15) is 5.82 Å². The molecular formula is C11H16FNO2S. The Morgan fingerprint density at radius 3 is 2.56 bits per heavy atom. The molecule has 16 heavy (non-hydrogen) atoms. The highest BCUT2D eigenvalue weighted by molar-refractivity contribution is 7.85. The predicted molar refractivity (Wildman–Crippen MR) is 62.4 cm³/mol. The van der Waals surface area contributed by atoms with Crippen LogP contribution in [0.4, 0.5) is 4.39 Å². The summed E-state index contributed by atoms with van der Waals surface area (Å²) in [6, 6.07) is 5.77. The highest BCUT2D eigenvalue weighted by Crippen LogP contribution is 2.09. The van der Waals surface area contributed by atoms with Gasteiger partial charge in [-0.1, -0.05) is 0 Å². The molecule has 0 saturated heterocycles. The summed E-state index contributed by atoms with van der Waals surface area (Å²) in [5, 5.41) is 3.02. The highest BCUT2D eigenvalue weighted by atomic mass is 32.2. The number of hydrogen-bond donors (Lipinski definition) is 1. The van der Waals surface area contributed by atoms with E-state index in [1.807, 2.05) is 0 Å². The Morgan fingerprint density at radius 1 is 1.44 bits per heavy atom. The molecule has 1 aromatic carbocycles. The Kier molecular flexibility index (Phi) is 5.59. The standard InChI is InChI=1S/C11H16FNO2S/c1-13-10(7-15-2)8-16(14)11-5-3-9(12)4-6-11/h3-6,10,13H,7-8H2,1-2H3. The van der Waals surface area contributed by atoms with Crippen LogP contribution in [0.3, 0.4) is 0 Å². The van der Waals surface area contributed by atoms with Crippen molar-refractivity contribution in [3.63, 3.8) is 0 Å². The molecule has 2 unspecified atom stereocenters. The molecule has 5 heteroatoms. The fourth-order valence-corrected chi connectivity index (χ4v) is 2.54. The monoisotopic (exact) mass is 245 g/mol. The van der Waals surface area contributed by atoms with Crippen LogP contribution < -0.4 is 5.32 Å². The maximum Gasteiger partial charge on any atom is 0.123 e. The summed E-state index contributed by atoms with van der Waals surface area (Å²) in [7, 11) is 2.27. The van der Waals surface area contributed by atoms with Crippen LogP contribution in [0.5, 0.6) is 0 Å². The van der Waals surface area contributed by atoms with Gasteiger partial charge in [0.05, 0.1) is 17.4 Å². The Labute approximate surface area is 97.5 Å². The predicted octanol–water partition coefficient (Wildman–Crippen LogP) is 1.17. The van der Waals surface area contributed by atoms with E-state index in [4.69, 9.17) is 4.74 Å². The number of hydrogen-bond acceptors (Lipinski definition) is 3. The van der Waals surface area contributed by atoms with Gasteiger partial charge in [-0.15, -0.1) is 0 Å². The maximum absolute atomic E-state index is 12.7. The quantitative estimate of drug-likeness (QED) is 0.817. The lowest BCUT2D eigenvalue weighted by Crippen LogP contribution is -2.35. The van der Waals surface area contributed by atoms with E-state index in [1.54, 1.807) is 26.3 Å². The molecule has 3 nitrogen and oxygen atoms in total. The van der Waals surface area contributed by atoms with Crippen molar-refractivity contribution in [2.24, 2.45) is 0 Å². The van der Waals surface area contributed by atoms with Crippen LogP contribution in [0.15, 0.2) is 29.2 Å². The summed E-state index contributed by atoms with van der Waals surface area (Å²) < 4.78 is 29.6. The third-order valence-electron chi connectivity index (χ3n) is 2.21. The zero-order valence-corrected chi connectivity index (χ0v) is 10.2. The first kappa shape index (κ1) is 13.3. The molecule has 1 N–H and O–H groups in total. The molecule has 0 radical (unpaired) electrons. The minimum Gasteiger partial charge on any atom is -0.383 e. The van der Waals surface area contributed by atoms with Crippen molar-refractivity contribution in [1.29, 1.82) is 0 Å². The lowest BCUT2D eigenvalue weighted by molar-refractivity contribution is 0.176. The minimum atomic E-state index is -1.13. The maximum atomic E-state index is 12.7. The summed E-state index contributed by atoms with van der Waals surface area (Å²) in [6.45, 7) is 0.503. The lowest BCUT2D eigenvalue weighted by atomic mass is 10.3. The molecule has 1 rings (SSSR count). The SMILES string of the molecule is CNC(COC)CS(=O)c1ccc(F)cc1. The van der Waals surface area contributed by atoms with E-state index in [9.17, 15) is 8.60 Å². The van der Waals surface area contributed by atoms with Gasteiger partial charge >= 0.3 is 0 Å².